The zero-order valence-electron chi connectivity index (χ0n) is 8.89. The van der Waals surface area contributed by atoms with E-state index in [4.69, 9.17) is 9.26 Å². The number of carbonyl (C=O) groups is 2. The van der Waals surface area contributed by atoms with Gasteiger partial charge < -0.3 is 9.26 Å². The monoisotopic (exact) mass is 229 g/mol. The second-order valence-corrected chi connectivity index (χ2v) is 3.60. The predicted molar refractivity (Wildman–Crippen MR) is 56.4 cm³/mol. The molecule has 0 atom stereocenters. The number of hydrogen-bond acceptors (Lipinski definition) is 5. The van der Waals surface area contributed by atoms with E-state index in [1.165, 1.54) is 7.11 Å². The van der Waals surface area contributed by atoms with Crippen molar-refractivity contribution in [2.45, 2.75) is 0 Å². The van der Waals surface area contributed by atoms with Crippen LogP contribution in [0.2, 0.25) is 0 Å². The Morgan fingerprint density at radius 2 is 1.76 bits per heavy atom. The fraction of sp³-hybridized carbons (Fsp3) is 0.0833. The summed E-state index contributed by atoms with van der Waals surface area (Å²) in [7, 11) is 1.36. The van der Waals surface area contributed by atoms with Gasteiger partial charge in [0.05, 0.1) is 7.11 Å². The van der Waals surface area contributed by atoms with Crippen LogP contribution in [0.1, 0.15) is 32.0 Å². The maximum atomic E-state index is 12.2. The molecule has 0 radical (unpaired) electrons. The second kappa shape index (κ2) is 3.28. The van der Waals surface area contributed by atoms with Crippen molar-refractivity contribution < 1.29 is 18.8 Å². The Balaban J connectivity index is 2.31. The standard InChI is InChI=1S/C12H7NO4/c1-16-12-8-9(13-17-12)11(15)7-5-3-2-4-6(7)10(8)14/h2-5H,1H3. The van der Waals surface area contributed by atoms with Crippen LogP contribution in [0, 0.1) is 0 Å². The number of rotatable bonds is 1. The fourth-order valence-corrected chi connectivity index (χ4v) is 1.91. The maximum absolute atomic E-state index is 12.2. The molecule has 0 aliphatic heterocycles. The third kappa shape index (κ3) is 1.16. The molecule has 1 aromatic carbocycles. The summed E-state index contributed by atoms with van der Waals surface area (Å²) >= 11 is 0. The molecule has 0 bridgehead atoms. The Hall–Kier alpha value is -2.43. The van der Waals surface area contributed by atoms with Gasteiger partial charge in [0.25, 0.3) is 0 Å². The van der Waals surface area contributed by atoms with Crippen molar-refractivity contribution in [1.29, 1.82) is 0 Å². The summed E-state index contributed by atoms with van der Waals surface area (Å²) in [5.74, 6) is -0.636. The molecule has 0 amide bonds. The largest absolute Gasteiger partial charge is 0.467 e. The number of fused-ring (bicyclic) bond motifs is 2. The number of carbonyl (C=O) groups excluding carboxylic acids is 2. The van der Waals surface area contributed by atoms with Crippen molar-refractivity contribution in [2.24, 2.45) is 0 Å². The smallest absolute Gasteiger partial charge is 0.323 e. The van der Waals surface area contributed by atoms with Gasteiger partial charge in [-0.3, -0.25) is 9.59 Å². The van der Waals surface area contributed by atoms with Gasteiger partial charge in [0, 0.05) is 11.1 Å². The second-order valence-electron chi connectivity index (χ2n) is 3.60. The van der Waals surface area contributed by atoms with Crippen LogP contribution in [0.15, 0.2) is 28.8 Å². The van der Waals surface area contributed by atoms with Crippen LogP contribution < -0.4 is 4.74 Å². The van der Waals surface area contributed by atoms with E-state index in [1.807, 2.05) is 0 Å². The van der Waals surface area contributed by atoms with Gasteiger partial charge in [-0.2, -0.15) is 0 Å². The maximum Gasteiger partial charge on any atom is 0.323 e. The van der Waals surface area contributed by atoms with Gasteiger partial charge in [0.15, 0.2) is 5.69 Å². The lowest BCUT2D eigenvalue weighted by atomic mass is 9.88. The van der Waals surface area contributed by atoms with Gasteiger partial charge in [0.1, 0.15) is 5.56 Å². The first kappa shape index (κ1) is 9.77. The summed E-state index contributed by atoms with van der Waals surface area (Å²) in [4.78, 5) is 24.2. The molecule has 0 fully saturated rings. The normalized spacial score (nSPS) is 13.2. The molecule has 1 aliphatic rings. The molecule has 0 unspecified atom stereocenters. The van der Waals surface area contributed by atoms with E-state index in [-0.39, 0.29) is 28.8 Å². The Labute approximate surface area is 96.0 Å². The highest BCUT2D eigenvalue weighted by atomic mass is 16.6. The number of methoxy groups -OCH3 is 1. The van der Waals surface area contributed by atoms with Crippen molar-refractivity contribution >= 4 is 11.6 Å². The third-order valence-corrected chi connectivity index (χ3v) is 2.70. The van der Waals surface area contributed by atoms with Gasteiger partial charge in [-0.15, -0.1) is 0 Å². The highest BCUT2D eigenvalue weighted by molar-refractivity contribution is 6.28. The lowest BCUT2D eigenvalue weighted by Crippen LogP contribution is -2.20. The van der Waals surface area contributed by atoms with Crippen LogP contribution in [0.3, 0.4) is 0 Å². The molecule has 3 rings (SSSR count). The molecule has 0 saturated carbocycles. The van der Waals surface area contributed by atoms with E-state index in [9.17, 15) is 9.59 Å². The Morgan fingerprint density at radius 1 is 1.12 bits per heavy atom. The quantitative estimate of drug-likeness (QED) is 0.631. The van der Waals surface area contributed by atoms with Crippen molar-refractivity contribution in [3.8, 4) is 5.95 Å². The van der Waals surface area contributed by atoms with E-state index in [1.54, 1.807) is 24.3 Å². The molecular weight excluding hydrogens is 222 g/mol. The number of ether oxygens (including phenoxy) is 1. The molecular formula is C12H7NO4. The van der Waals surface area contributed by atoms with E-state index in [0.29, 0.717) is 11.1 Å². The van der Waals surface area contributed by atoms with Gasteiger partial charge in [-0.25, -0.2) is 0 Å². The minimum absolute atomic E-state index is 0.0190. The van der Waals surface area contributed by atoms with Crippen LogP contribution in [-0.2, 0) is 0 Å². The van der Waals surface area contributed by atoms with E-state index in [2.05, 4.69) is 5.16 Å². The van der Waals surface area contributed by atoms with Crippen LogP contribution in [0.25, 0.3) is 0 Å². The topological polar surface area (TPSA) is 69.4 Å². The molecule has 5 heteroatoms. The molecule has 0 spiro atoms. The average molecular weight is 229 g/mol. The molecule has 84 valence electrons. The number of nitrogens with zero attached hydrogens (tertiary/aromatic N) is 1. The SMILES string of the molecule is COc1onc2c1C(=O)c1ccccc1C2=O. The molecule has 5 nitrogen and oxygen atoms in total. The molecule has 1 aromatic heterocycles. The molecule has 17 heavy (non-hydrogen) atoms. The first-order valence-corrected chi connectivity index (χ1v) is 4.96. The summed E-state index contributed by atoms with van der Waals surface area (Å²) in [6.07, 6.45) is 0. The molecule has 0 saturated heterocycles. The Kier molecular flexibility index (Phi) is 1.89. The fourth-order valence-electron chi connectivity index (χ4n) is 1.91. The lowest BCUT2D eigenvalue weighted by molar-refractivity contribution is 0.0975. The minimum Gasteiger partial charge on any atom is -0.467 e. The summed E-state index contributed by atoms with van der Waals surface area (Å²) in [6, 6.07) is 6.60. The first-order valence-electron chi connectivity index (χ1n) is 4.96. The number of hydrogen-bond donors (Lipinski definition) is 0. The summed E-state index contributed by atoms with van der Waals surface area (Å²) in [6.45, 7) is 0. The van der Waals surface area contributed by atoms with Crippen LogP contribution in [0.5, 0.6) is 5.95 Å². The number of aromatic nitrogens is 1. The Morgan fingerprint density at radius 3 is 2.41 bits per heavy atom. The predicted octanol–water partition coefficient (Wildman–Crippen LogP) is 1.46. The van der Waals surface area contributed by atoms with Gasteiger partial charge in [-0.1, -0.05) is 29.4 Å². The number of benzene rings is 1. The average Bonchev–Trinajstić information content (AvgIpc) is 2.80. The van der Waals surface area contributed by atoms with Gasteiger partial charge in [0.2, 0.25) is 11.6 Å². The molecule has 0 N–H and O–H groups in total. The summed E-state index contributed by atoms with van der Waals surface area (Å²) < 4.78 is 9.71. The van der Waals surface area contributed by atoms with Gasteiger partial charge >= 0.3 is 5.95 Å². The van der Waals surface area contributed by atoms with Crippen molar-refractivity contribution in [3.63, 3.8) is 0 Å². The van der Waals surface area contributed by atoms with E-state index >= 15 is 0 Å². The van der Waals surface area contributed by atoms with E-state index in [0.717, 1.165) is 0 Å². The first-order chi connectivity index (χ1) is 8.24. The van der Waals surface area contributed by atoms with Crippen LogP contribution in [0.4, 0.5) is 0 Å². The zero-order chi connectivity index (χ0) is 12.0. The van der Waals surface area contributed by atoms with Crippen LogP contribution in [-0.4, -0.2) is 23.8 Å². The summed E-state index contributed by atoms with van der Waals surface area (Å²) in [5.41, 5.74) is 0.828. The highest BCUT2D eigenvalue weighted by Gasteiger charge is 2.36. The van der Waals surface area contributed by atoms with Crippen molar-refractivity contribution in [3.05, 3.63) is 46.6 Å². The lowest BCUT2D eigenvalue weighted by Gasteiger charge is -2.11. The van der Waals surface area contributed by atoms with Crippen molar-refractivity contribution in [2.75, 3.05) is 7.11 Å². The Bertz CT molecular complexity index is 642. The number of ketones is 2. The van der Waals surface area contributed by atoms with E-state index < -0.39 is 0 Å². The zero-order valence-corrected chi connectivity index (χ0v) is 8.89. The van der Waals surface area contributed by atoms with Gasteiger partial charge in [-0.05, 0) is 0 Å². The molecule has 1 heterocycles. The highest BCUT2D eigenvalue weighted by Crippen LogP contribution is 2.32. The van der Waals surface area contributed by atoms with Crippen LogP contribution >= 0.6 is 0 Å². The summed E-state index contributed by atoms with van der Waals surface area (Å²) in [5, 5.41) is 3.59. The molecule has 1 aliphatic carbocycles. The van der Waals surface area contributed by atoms with Crippen molar-refractivity contribution in [1.82, 2.24) is 5.16 Å². The third-order valence-electron chi connectivity index (χ3n) is 2.70. The minimum atomic E-state index is -0.317. The molecule has 2 aromatic rings.